The lowest BCUT2D eigenvalue weighted by Crippen LogP contribution is -2.30. The summed E-state index contributed by atoms with van der Waals surface area (Å²) in [5, 5.41) is 5.61. The van der Waals surface area contributed by atoms with Crippen molar-refractivity contribution in [1.29, 1.82) is 0 Å². The maximum absolute atomic E-state index is 12.7. The second kappa shape index (κ2) is 8.66. The third kappa shape index (κ3) is 5.06. The van der Waals surface area contributed by atoms with Gasteiger partial charge in [-0.3, -0.25) is 9.59 Å². The lowest BCUT2D eigenvalue weighted by atomic mass is 10.1. The van der Waals surface area contributed by atoms with Crippen LogP contribution in [0, 0.1) is 13.8 Å². The summed E-state index contributed by atoms with van der Waals surface area (Å²) in [6.07, 6.45) is 4.21. The molecule has 1 aromatic carbocycles. The quantitative estimate of drug-likeness (QED) is 0.824. The fraction of sp³-hybridized carbons (Fsp3) is 0.381. The highest BCUT2D eigenvalue weighted by Crippen LogP contribution is 2.25. The minimum absolute atomic E-state index is 0.137. The highest BCUT2D eigenvalue weighted by atomic mass is 16.2. The molecule has 0 aliphatic carbocycles. The van der Waals surface area contributed by atoms with Crippen LogP contribution in [0.1, 0.15) is 40.7 Å². The third-order valence-electron chi connectivity index (χ3n) is 4.66. The van der Waals surface area contributed by atoms with E-state index in [9.17, 15) is 9.59 Å². The molecule has 0 radical (unpaired) electrons. The molecule has 1 aromatic heterocycles. The number of hydrogen-bond donors (Lipinski definition) is 2. The van der Waals surface area contributed by atoms with Gasteiger partial charge in [0, 0.05) is 37.9 Å². The number of pyridine rings is 1. The molecule has 0 unspecified atom stereocenters. The Morgan fingerprint density at radius 3 is 2.52 bits per heavy atom. The Kier molecular flexibility index (Phi) is 6.06. The molecule has 1 fully saturated rings. The molecule has 3 rings (SSSR count). The van der Waals surface area contributed by atoms with Gasteiger partial charge in [0.2, 0.25) is 5.91 Å². The zero-order valence-corrected chi connectivity index (χ0v) is 15.9. The maximum atomic E-state index is 12.7. The first-order chi connectivity index (χ1) is 13.0. The average molecular weight is 366 g/mol. The Morgan fingerprint density at radius 2 is 1.81 bits per heavy atom. The fourth-order valence-electron chi connectivity index (χ4n) is 3.20. The highest BCUT2D eigenvalue weighted by molar-refractivity contribution is 6.00. The second-order valence-electron chi connectivity index (χ2n) is 6.99. The molecule has 27 heavy (non-hydrogen) atoms. The lowest BCUT2D eigenvalue weighted by molar-refractivity contribution is -0.116. The van der Waals surface area contributed by atoms with Gasteiger partial charge in [-0.2, -0.15) is 0 Å². The number of nitrogens with zero attached hydrogens (tertiary/aromatic N) is 2. The first-order valence-electron chi connectivity index (χ1n) is 9.39. The van der Waals surface area contributed by atoms with E-state index >= 15 is 0 Å². The van der Waals surface area contributed by atoms with E-state index in [4.69, 9.17) is 0 Å². The molecule has 1 aliphatic heterocycles. The normalized spacial score (nSPS) is 13.5. The van der Waals surface area contributed by atoms with Gasteiger partial charge in [-0.1, -0.05) is 17.7 Å². The van der Waals surface area contributed by atoms with Crippen molar-refractivity contribution in [1.82, 2.24) is 10.3 Å². The Labute approximate surface area is 160 Å². The summed E-state index contributed by atoms with van der Waals surface area (Å²) in [6.45, 7) is 6.16. The Balaban J connectivity index is 1.55. The van der Waals surface area contributed by atoms with Crippen LogP contribution in [0.15, 0.2) is 36.5 Å². The number of nitrogens with one attached hydrogen (secondary N) is 2. The van der Waals surface area contributed by atoms with Crippen LogP contribution in [0.25, 0.3) is 0 Å². The van der Waals surface area contributed by atoms with E-state index in [1.165, 1.54) is 0 Å². The third-order valence-corrected chi connectivity index (χ3v) is 4.66. The van der Waals surface area contributed by atoms with Crippen molar-refractivity contribution in [2.45, 2.75) is 33.1 Å². The molecular weight excluding hydrogens is 340 g/mol. The average Bonchev–Trinajstić information content (AvgIpc) is 3.18. The van der Waals surface area contributed by atoms with Crippen molar-refractivity contribution in [3.8, 4) is 0 Å². The molecule has 0 spiro atoms. The predicted molar refractivity (Wildman–Crippen MR) is 107 cm³/mol. The minimum Gasteiger partial charge on any atom is -0.371 e. The number of hydrogen-bond acceptors (Lipinski definition) is 4. The summed E-state index contributed by atoms with van der Waals surface area (Å²) >= 11 is 0. The topological polar surface area (TPSA) is 74.3 Å². The van der Waals surface area contributed by atoms with Crippen LogP contribution in [0.3, 0.4) is 0 Å². The van der Waals surface area contributed by atoms with Gasteiger partial charge in [-0.05, 0) is 50.5 Å². The summed E-state index contributed by atoms with van der Waals surface area (Å²) in [4.78, 5) is 31.1. The largest absolute Gasteiger partial charge is 0.371 e. The molecule has 0 saturated carbocycles. The van der Waals surface area contributed by atoms with Crippen molar-refractivity contribution in [3.63, 3.8) is 0 Å². The molecular formula is C21H26N4O2. The molecule has 2 aromatic rings. The van der Waals surface area contributed by atoms with Crippen LogP contribution in [0.2, 0.25) is 0 Å². The van der Waals surface area contributed by atoms with Gasteiger partial charge in [-0.15, -0.1) is 0 Å². The summed E-state index contributed by atoms with van der Waals surface area (Å²) in [5.74, 6) is 0.212. The predicted octanol–water partition coefficient (Wildman–Crippen LogP) is 3.06. The zero-order valence-electron chi connectivity index (χ0n) is 15.9. The van der Waals surface area contributed by atoms with E-state index in [1.807, 2.05) is 38.1 Å². The van der Waals surface area contributed by atoms with Crippen LogP contribution in [-0.4, -0.2) is 36.4 Å². The number of carbonyl (C=O) groups is 2. The van der Waals surface area contributed by atoms with Gasteiger partial charge >= 0.3 is 0 Å². The number of benzene rings is 1. The van der Waals surface area contributed by atoms with Crippen LogP contribution in [0.4, 0.5) is 11.5 Å². The van der Waals surface area contributed by atoms with Crippen molar-refractivity contribution in [3.05, 3.63) is 53.2 Å². The van der Waals surface area contributed by atoms with Crippen LogP contribution in [0.5, 0.6) is 0 Å². The van der Waals surface area contributed by atoms with E-state index in [2.05, 4.69) is 20.5 Å². The molecule has 0 atom stereocenters. The summed E-state index contributed by atoms with van der Waals surface area (Å²) in [6, 6.07) is 9.62. The lowest BCUT2D eigenvalue weighted by Gasteiger charge is -2.21. The first kappa shape index (κ1) is 18.9. The van der Waals surface area contributed by atoms with Gasteiger partial charge in [0.15, 0.2) is 0 Å². The van der Waals surface area contributed by atoms with E-state index < -0.39 is 0 Å². The molecule has 2 amide bonds. The smallest absolute Gasteiger partial charge is 0.253 e. The number of aryl methyl sites for hydroxylation is 2. The van der Waals surface area contributed by atoms with Gasteiger partial charge < -0.3 is 15.5 Å². The number of carbonyl (C=O) groups excluding carboxylic acids is 2. The number of aromatic nitrogens is 1. The molecule has 1 saturated heterocycles. The standard InChI is InChI=1S/C21H26N4O2/c1-15-5-7-18(25-11-3-4-12-25)17(13-15)21(27)22-10-9-20(26)24-19-8-6-16(2)14-23-19/h5-8,13-14H,3-4,9-12H2,1-2H3,(H,22,27)(H,23,24,26). The molecule has 2 N–H and O–H groups in total. The summed E-state index contributed by atoms with van der Waals surface area (Å²) in [5.41, 5.74) is 3.74. The molecule has 2 heterocycles. The number of anilines is 2. The molecule has 6 heteroatoms. The highest BCUT2D eigenvalue weighted by Gasteiger charge is 2.19. The van der Waals surface area contributed by atoms with E-state index in [1.54, 1.807) is 12.3 Å². The van der Waals surface area contributed by atoms with Gasteiger partial charge in [0.1, 0.15) is 5.82 Å². The number of rotatable bonds is 6. The molecule has 6 nitrogen and oxygen atoms in total. The zero-order chi connectivity index (χ0) is 19.2. The second-order valence-corrected chi connectivity index (χ2v) is 6.99. The van der Waals surface area contributed by atoms with E-state index in [0.717, 1.165) is 42.7 Å². The Hall–Kier alpha value is -2.89. The van der Waals surface area contributed by atoms with Gasteiger partial charge in [-0.25, -0.2) is 4.98 Å². The van der Waals surface area contributed by atoms with Crippen molar-refractivity contribution in [2.24, 2.45) is 0 Å². The van der Waals surface area contributed by atoms with Gasteiger partial charge in [0.25, 0.3) is 5.91 Å². The SMILES string of the molecule is Cc1ccc(NC(=O)CCNC(=O)c2cc(C)ccc2N2CCCC2)nc1. The number of amides is 2. The Morgan fingerprint density at radius 1 is 1.07 bits per heavy atom. The monoisotopic (exact) mass is 366 g/mol. The van der Waals surface area contributed by atoms with Crippen molar-refractivity contribution < 1.29 is 9.59 Å². The van der Waals surface area contributed by atoms with Crippen LogP contribution >= 0.6 is 0 Å². The Bertz CT molecular complexity index is 811. The van der Waals surface area contributed by atoms with Crippen molar-refractivity contribution in [2.75, 3.05) is 29.9 Å². The van der Waals surface area contributed by atoms with Gasteiger partial charge in [0.05, 0.1) is 5.56 Å². The first-order valence-corrected chi connectivity index (χ1v) is 9.39. The fourth-order valence-corrected chi connectivity index (χ4v) is 3.20. The van der Waals surface area contributed by atoms with E-state index in [0.29, 0.717) is 11.4 Å². The van der Waals surface area contributed by atoms with Crippen LogP contribution < -0.4 is 15.5 Å². The minimum atomic E-state index is -0.171. The van der Waals surface area contributed by atoms with Crippen LogP contribution in [-0.2, 0) is 4.79 Å². The van der Waals surface area contributed by atoms with E-state index in [-0.39, 0.29) is 24.8 Å². The summed E-state index contributed by atoms with van der Waals surface area (Å²) in [7, 11) is 0. The molecule has 1 aliphatic rings. The maximum Gasteiger partial charge on any atom is 0.253 e. The van der Waals surface area contributed by atoms with Crippen molar-refractivity contribution >= 4 is 23.3 Å². The molecule has 142 valence electrons. The molecule has 0 bridgehead atoms. The summed E-state index contributed by atoms with van der Waals surface area (Å²) < 4.78 is 0.